The standard InChI is InChI=1S/C24H27NO6S/c1-6-15(3)22(25-32(28,29)18-9-7-14(2)8-10-18)24(27)30-20-12-11-19-16(4)13-21(26)31-23(19)17(20)5/h7-13,15,22,25H,6H2,1-5H3/t15-,22+/m0/s1. The van der Waals surface area contributed by atoms with E-state index < -0.39 is 27.7 Å². The highest BCUT2D eigenvalue weighted by molar-refractivity contribution is 7.89. The smallest absolute Gasteiger partial charge is 0.336 e. The molecule has 32 heavy (non-hydrogen) atoms. The number of ether oxygens (including phenoxy) is 1. The lowest BCUT2D eigenvalue weighted by Crippen LogP contribution is -2.47. The molecule has 1 N–H and O–H groups in total. The number of carbonyl (C=O) groups is 1. The Morgan fingerprint density at radius 2 is 1.75 bits per heavy atom. The van der Waals surface area contributed by atoms with Gasteiger partial charge in [-0.05, 0) is 56.5 Å². The number of sulfonamides is 1. The van der Waals surface area contributed by atoms with Crippen LogP contribution in [0.4, 0.5) is 0 Å². The molecule has 0 fully saturated rings. The molecule has 0 amide bonds. The zero-order chi connectivity index (χ0) is 23.6. The molecule has 170 valence electrons. The predicted molar refractivity (Wildman–Crippen MR) is 122 cm³/mol. The average molecular weight is 458 g/mol. The molecular weight excluding hydrogens is 430 g/mol. The summed E-state index contributed by atoms with van der Waals surface area (Å²) in [6, 6.07) is 10.0. The Balaban J connectivity index is 1.92. The lowest BCUT2D eigenvalue weighted by molar-refractivity contribution is -0.137. The normalized spacial score (nSPS) is 13.7. The first-order valence-electron chi connectivity index (χ1n) is 10.4. The molecule has 2 atom stereocenters. The highest BCUT2D eigenvalue weighted by Gasteiger charge is 2.32. The number of aryl methyl sites for hydroxylation is 3. The number of benzene rings is 2. The van der Waals surface area contributed by atoms with Crippen molar-refractivity contribution in [1.82, 2.24) is 4.72 Å². The van der Waals surface area contributed by atoms with Crippen molar-refractivity contribution < 1.29 is 22.4 Å². The van der Waals surface area contributed by atoms with Crippen molar-refractivity contribution in [3.63, 3.8) is 0 Å². The topological polar surface area (TPSA) is 103 Å². The molecule has 0 aliphatic heterocycles. The van der Waals surface area contributed by atoms with E-state index in [0.29, 0.717) is 17.6 Å². The van der Waals surface area contributed by atoms with Crippen LogP contribution in [-0.2, 0) is 14.8 Å². The fraction of sp³-hybridized carbons (Fsp3) is 0.333. The first-order valence-corrected chi connectivity index (χ1v) is 11.9. The Morgan fingerprint density at radius 1 is 1.09 bits per heavy atom. The van der Waals surface area contributed by atoms with Gasteiger partial charge in [0.2, 0.25) is 10.0 Å². The molecule has 8 heteroatoms. The summed E-state index contributed by atoms with van der Waals surface area (Å²) in [6.45, 7) is 8.98. The molecule has 0 aliphatic carbocycles. The molecule has 0 unspecified atom stereocenters. The van der Waals surface area contributed by atoms with Crippen LogP contribution in [0.15, 0.2) is 56.6 Å². The van der Waals surface area contributed by atoms with Crippen LogP contribution in [0.1, 0.15) is 37.0 Å². The molecule has 3 rings (SSSR count). The molecule has 3 aromatic rings. The van der Waals surface area contributed by atoms with Gasteiger partial charge >= 0.3 is 11.6 Å². The number of esters is 1. The third-order valence-corrected chi connectivity index (χ3v) is 7.07. The van der Waals surface area contributed by atoms with Crippen molar-refractivity contribution in [3.05, 3.63) is 69.6 Å². The second kappa shape index (κ2) is 9.26. The first kappa shape index (κ1) is 23.7. The number of carbonyl (C=O) groups excluding carboxylic acids is 1. The number of nitrogens with one attached hydrogen (secondary N) is 1. The van der Waals surface area contributed by atoms with E-state index in [9.17, 15) is 18.0 Å². The third-order valence-electron chi connectivity index (χ3n) is 5.61. The summed E-state index contributed by atoms with van der Waals surface area (Å²) < 4.78 is 39.2. The molecule has 1 aromatic heterocycles. The van der Waals surface area contributed by atoms with E-state index in [4.69, 9.17) is 9.15 Å². The molecule has 0 aliphatic rings. The summed E-state index contributed by atoms with van der Waals surface area (Å²) in [4.78, 5) is 24.9. The molecule has 7 nitrogen and oxygen atoms in total. The van der Waals surface area contributed by atoms with Crippen LogP contribution >= 0.6 is 0 Å². The van der Waals surface area contributed by atoms with Gasteiger partial charge in [-0.1, -0.05) is 38.0 Å². The van der Waals surface area contributed by atoms with E-state index in [1.807, 2.05) is 13.8 Å². The average Bonchev–Trinajstić information content (AvgIpc) is 2.74. The van der Waals surface area contributed by atoms with E-state index in [-0.39, 0.29) is 16.6 Å². The summed E-state index contributed by atoms with van der Waals surface area (Å²) in [5, 5.41) is 0.737. The zero-order valence-electron chi connectivity index (χ0n) is 18.8. The van der Waals surface area contributed by atoms with Gasteiger partial charge in [-0.25, -0.2) is 18.0 Å². The maximum Gasteiger partial charge on any atom is 0.336 e. The molecule has 0 bridgehead atoms. The SMILES string of the molecule is CC[C@H](C)[C@@H](NS(=O)(=O)c1ccc(C)cc1)C(=O)Oc1ccc2c(C)cc(=O)oc2c1C. The van der Waals surface area contributed by atoms with Crippen molar-refractivity contribution in [2.75, 3.05) is 0 Å². The van der Waals surface area contributed by atoms with Crippen molar-refractivity contribution in [2.24, 2.45) is 5.92 Å². The summed E-state index contributed by atoms with van der Waals surface area (Å²) in [5.41, 5.74) is 2.00. The summed E-state index contributed by atoms with van der Waals surface area (Å²) in [5.74, 6) is -0.838. The van der Waals surface area contributed by atoms with Crippen LogP contribution in [0.5, 0.6) is 5.75 Å². The van der Waals surface area contributed by atoms with Crippen molar-refractivity contribution in [1.29, 1.82) is 0 Å². The number of fused-ring (bicyclic) bond motifs is 1. The minimum absolute atomic E-state index is 0.0725. The number of rotatable bonds is 7. The predicted octanol–water partition coefficient (Wildman–Crippen LogP) is 4.02. The highest BCUT2D eigenvalue weighted by atomic mass is 32.2. The van der Waals surface area contributed by atoms with E-state index in [0.717, 1.165) is 16.5 Å². The molecule has 2 aromatic carbocycles. The fourth-order valence-corrected chi connectivity index (χ4v) is 4.66. The number of hydrogen-bond acceptors (Lipinski definition) is 6. The largest absolute Gasteiger partial charge is 0.425 e. The second-order valence-corrected chi connectivity index (χ2v) is 9.75. The van der Waals surface area contributed by atoms with Gasteiger partial charge in [0.25, 0.3) is 0 Å². The van der Waals surface area contributed by atoms with Crippen LogP contribution < -0.4 is 15.1 Å². The van der Waals surface area contributed by atoms with Gasteiger partial charge in [0.05, 0.1) is 4.90 Å². The lowest BCUT2D eigenvalue weighted by atomic mass is 10.0. The third kappa shape index (κ3) is 4.92. The molecule has 0 saturated carbocycles. The van der Waals surface area contributed by atoms with E-state index >= 15 is 0 Å². The van der Waals surface area contributed by atoms with Crippen molar-refractivity contribution >= 4 is 27.0 Å². The fourth-order valence-electron chi connectivity index (χ4n) is 3.37. The minimum Gasteiger partial charge on any atom is -0.425 e. The summed E-state index contributed by atoms with van der Waals surface area (Å²) in [7, 11) is -3.94. The Kier molecular flexibility index (Phi) is 6.85. The highest BCUT2D eigenvalue weighted by Crippen LogP contribution is 2.29. The van der Waals surface area contributed by atoms with Gasteiger partial charge in [0, 0.05) is 17.0 Å². The van der Waals surface area contributed by atoms with Crippen molar-refractivity contribution in [2.45, 2.75) is 52.0 Å². The Bertz CT molecular complexity index is 1310. The molecule has 1 heterocycles. The maximum absolute atomic E-state index is 13.1. The van der Waals surface area contributed by atoms with Crippen LogP contribution in [0, 0.1) is 26.7 Å². The Labute approximate surface area is 187 Å². The van der Waals surface area contributed by atoms with Crippen LogP contribution in [0.25, 0.3) is 11.0 Å². The second-order valence-electron chi connectivity index (χ2n) is 8.03. The Morgan fingerprint density at radius 3 is 2.38 bits per heavy atom. The van der Waals surface area contributed by atoms with Gasteiger partial charge < -0.3 is 9.15 Å². The van der Waals surface area contributed by atoms with Crippen LogP contribution in [0.3, 0.4) is 0 Å². The number of hydrogen-bond donors (Lipinski definition) is 1. The molecule has 0 saturated heterocycles. The lowest BCUT2D eigenvalue weighted by Gasteiger charge is -2.23. The monoisotopic (exact) mass is 457 g/mol. The molecule has 0 radical (unpaired) electrons. The van der Waals surface area contributed by atoms with Crippen LogP contribution in [-0.4, -0.2) is 20.4 Å². The first-order chi connectivity index (χ1) is 15.0. The maximum atomic E-state index is 13.1. The van der Waals surface area contributed by atoms with Gasteiger partial charge in [0.1, 0.15) is 17.4 Å². The quantitative estimate of drug-likeness (QED) is 0.327. The van der Waals surface area contributed by atoms with E-state index in [1.165, 1.54) is 18.2 Å². The molecular formula is C24H27NO6S. The van der Waals surface area contributed by atoms with Gasteiger partial charge in [-0.15, -0.1) is 0 Å². The van der Waals surface area contributed by atoms with E-state index in [2.05, 4.69) is 4.72 Å². The van der Waals surface area contributed by atoms with E-state index in [1.54, 1.807) is 45.0 Å². The molecule has 0 spiro atoms. The van der Waals surface area contributed by atoms with Gasteiger partial charge in [-0.3, -0.25) is 0 Å². The summed E-state index contributed by atoms with van der Waals surface area (Å²) >= 11 is 0. The van der Waals surface area contributed by atoms with Gasteiger partial charge in [-0.2, -0.15) is 4.72 Å². The minimum atomic E-state index is -3.94. The van der Waals surface area contributed by atoms with Crippen molar-refractivity contribution in [3.8, 4) is 5.75 Å². The zero-order valence-corrected chi connectivity index (χ0v) is 19.6. The van der Waals surface area contributed by atoms with Gasteiger partial charge in [0.15, 0.2) is 0 Å². The van der Waals surface area contributed by atoms with Crippen LogP contribution in [0.2, 0.25) is 0 Å². The Hall–Kier alpha value is -2.97. The summed E-state index contributed by atoms with van der Waals surface area (Å²) in [6.07, 6.45) is 0.557.